The molecule has 1 heterocycles. The van der Waals surface area contributed by atoms with Crippen LogP contribution in [-0.2, 0) is 23.2 Å². The van der Waals surface area contributed by atoms with Crippen LogP contribution < -0.4 is 5.32 Å². The lowest BCUT2D eigenvalue weighted by atomic mass is 10.0. The second-order valence-corrected chi connectivity index (χ2v) is 8.57. The molecule has 1 aliphatic rings. The van der Waals surface area contributed by atoms with Gasteiger partial charge in [0.25, 0.3) is 0 Å². The number of hydrogen-bond donors (Lipinski definition) is 1. The number of thiazole rings is 1. The van der Waals surface area contributed by atoms with Crippen LogP contribution in [0.5, 0.6) is 0 Å². The van der Waals surface area contributed by atoms with E-state index in [1.807, 2.05) is 35.7 Å². The van der Waals surface area contributed by atoms with Gasteiger partial charge in [-0.2, -0.15) is 0 Å². The van der Waals surface area contributed by atoms with Crippen molar-refractivity contribution in [3.8, 4) is 0 Å². The smallest absolute Gasteiger partial charge is 0.226 e. The third-order valence-electron chi connectivity index (χ3n) is 4.66. The number of carbonyl (C=O) groups excluding carboxylic acids is 1. The molecule has 1 saturated carbocycles. The molecule has 0 radical (unpaired) electrons. The van der Waals surface area contributed by atoms with Crippen LogP contribution in [0.1, 0.15) is 34.7 Å². The summed E-state index contributed by atoms with van der Waals surface area (Å²) in [5.74, 6) is 0.0435. The molecule has 2 aromatic carbocycles. The third-order valence-corrected chi connectivity index (χ3v) is 6.09. The summed E-state index contributed by atoms with van der Waals surface area (Å²) in [6.45, 7) is 0. The highest BCUT2D eigenvalue weighted by atomic mass is 79.9. The first-order valence-corrected chi connectivity index (χ1v) is 10.3. The van der Waals surface area contributed by atoms with Crippen molar-refractivity contribution < 1.29 is 4.79 Å². The summed E-state index contributed by atoms with van der Waals surface area (Å²) in [5, 5.41) is 6.27. The van der Waals surface area contributed by atoms with Crippen LogP contribution in [0.3, 0.4) is 0 Å². The van der Waals surface area contributed by atoms with Crippen molar-refractivity contribution in [3.63, 3.8) is 0 Å². The van der Waals surface area contributed by atoms with E-state index < -0.39 is 0 Å². The molecule has 132 valence electrons. The lowest BCUT2D eigenvalue weighted by molar-refractivity contribution is -0.121. The van der Waals surface area contributed by atoms with E-state index in [4.69, 9.17) is 0 Å². The highest BCUT2D eigenvalue weighted by Crippen LogP contribution is 2.45. The Morgan fingerprint density at radius 3 is 2.54 bits per heavy atom. The lowest BCUT2D eigenvalue weighted by Crippen LogP contribution is -2.35. The Hall–Kier alpha value is -1.98. The second-order valence-electron chi connectivity index (χ2n) is 6.71. The zero-order chi connectivity index (χ0) is 18.0. The van der Waals surface area contributed by atoms with Gasteiger partial charge < -0.3 is 5.32 Å². The fourth-order valence-electron chi connectivity index (χ4n) is 3.14. The van der Waals surface area contributed by atoms with Gasteiger partial charge in [0.1, 0.15) is 0 Å². The Labute approximate surface area is 165 Å². The van der Waals surface area contributed by atoms with Gasteiger partial charge in [0, 0.05) is 16.3 Å². The number of amides is 1. The number of benzene rings is 2. The van der Waals surface area contributed by atoms with Gasteiger partial charge in [-0.15, -0.1) is 11.3 Å². The van der Waals surface area contributed by atoms with E-state index in [-0.39, 0.29) is 11.4 Å². The number of rotatable bonds is 6. The van der Waals surface area contributed by atoms with E-state index in [9.17, 15) is 4.79 Å². The van der Waals surface area contributed by atoms with Crippen molar-refractivity contribution in [1.29, 1.82) is 0 Å². The predicted octanol–water partition coefficient (Wildman–Crippen LogP) is 4.84. The van der Waals surface area contributed by atoms with Gasteiger partial charge in [0.05, 0.1) is 22.7 Å². The first-order chi connectivity index (χ1) is 12.6. The Balaban J connectivity index is 1.37. The minimum Gasteiger partial charge on any atom is -0.346 e. The summed E-state index contributed by atoms with van der Waals surface area (Å²) in [5.41, 5.74) is 3.09. The number of nitrogens with one attached hydrogen (secondary N) is 1. The average molecular weight is 427 g/mol. The van der Waals surface area contributed by atoms with Crippen molar-refractivity contribution >= 4 is 33.2 Å². The number of aromatic nitrogens is 1. The number of halogens is 1. The second kappa shape index (κ2) is 7.33. The molecule has 0 saturated heterocycles. The molecule has 1 aliphatic carbocycles. The summed E-state index contributed by atoms with van der Waals surface area (Å²) >= 11 is 5.08. The van der Waals surface area contributed by atoms with Crippen molar-refractivity contribution in [1.82, 2.24) is 10.3 Å². The summed E-state index contributed by atoms with van der Waals surface area (Å²) in [7, 11) is 0. The van der Waals surface area contributed by atoms with Crippen LogP contribution in [0.2, 0.25) is 0 Å². The Kier molecular flexibility index (Phi) is 4.92. The summed E-state index contributed by atoms with van der Waals surface area (Å²) < 4.78 is 1.05. The van der Waals surface area contributed by atoms with E-state index in [2.05, 4.69) is 50.5 Å². The lowest BCUT2D eigenvalue weighted by Gasteiger charge is -2.17. The normalized spacial score (nSPS) is 14.8. The molecule has 0 bridgehead atoms. The van der Waals surface area contributed by atoms with Gasteiger partial charge in [-0.25, -0.2) is 4.98 Å². The zero-order valence-corrected chi connectivity index (χ0v) is 16.6. The predicted molar refractivity (Wildman–Crippen MR) is 108 cm³/mol. The van der Waals surface area contributed by atoms with Gasteiger partial charge in [-0.05, 0) is 36.1 Å². The summed E-state index contributed by atoms with van der Waals surface area (Å²) in [4.78, 5) is 17.2. The third kappa shape index (κ3) is 4.05. The van der Waals surface area contributed by atoms with Gasteiger partial charge in [0.2, 0.25) is 5.91 Å². The molecule has 5 heteroatoms. The van der Waals surface area contributed by atoms with Crippen LogP contribution in [0.15, 0.2) is 64.5 Å². The zero-order valence-electron chi connectivity index (χ0n) is 14.2. The molecule has 3 nitrogen and oxygen atoms in total. The molecule has 0 spiro atoms. The number of carbonyl (C=O) groups is 1. The van der Waals surface area contributed by atoms with Gasteiger partial charge in [-0.3, -0.25) is 4.79 Å². The highest BCUT2D eigenvalue weighted by Gasteiger charge is 2.45. The first-order valence-electron chi connectivity index (χ1n) is 8.67. The molecular weight excluding hydrogens is 408 g/mol. The number of hydrogen-bond acceptors (Lipinski definition) is 3. The van der Waals surface area contributed by atoms with Gasteiger partial charge in [0.15, 0.2) is 0 Å². The maximum absolute atomic E-state index is 12.5. The van der Waals surface area contributed by atoms with Crippen LogP contribution in [0.4, 0.5) is 0 Å². The maximum atomic E-state index is 12.5. The molecule has 0 aliphatic heterocycles. The molecule has 1 aromatic heterocycles. The number of nitrogens with zero attached hydrogens (tertiary/aromatic N) is 1. The molecule has 0 atom stereocenters. The topological polar surface area (TPSA) is 42.0 Å². The molecule has 1 amide bonds. The molecule has 1 N–H and O–H groups in total. The molecular formula is C21H19BrN2OS. The monoisotopic (exact) mass is 426 g/mol. The fraction of sp³-hybridized carbons (Fsp3) is 0.238. The highest BCUT2D eigenvalue weighted by molar-refractivity contribution is 9.10. The average Bonchev–Trinajstić information content (AvgIpc) is 3.28. The summed E-state index contributed by atoms with van der Waals surface area (Å²) in [6, 6.07) is 18.5. The first kappa shape index (κ1) is 17.4. The standard InChI is InChI=1S/C21H19BrN2OS/c22-17-8-6-16(7-9-17)21(10-11-21)24-19(25)13-18-14-26-20(23-18)12-15-4-2-1-3-5-15/h1-9,14H,10-13H2,(H,24,25). The Morgan fingerprint density at radius 1 is 1.12 bits per heavy atom. The van der Waals surface area contributed by atoms with Gasteiger partial charge >= 0.3 is 0 Å². The quantitative estimate of drug-likeness (QED) is 0.612. The van der Waals surface area contributed by atoms with Crippen LogP contribution in [0.25, 0.3) is 0 Å². The largest absolute Gasteiger partial charge is 0.346 e. The van der Waals surface area contributed by atoms with Crippen LogP contribution >= 0.6 is 27.3 Å². The minimum absolute atomic E-state index is 0.0435. The minimum atomic E-state index is -0.180. The molecule has 26 heavy (non-hydrogen) atoms. The van der Waals surface area contributed by atoms with E-state index in [0.717, 1.165) is 34.4 Å². The van der Waals surface area contributed by atoms with Crippen molar-refractivity contribution in [2.45, 2.75) is 31.2 Å². The molecule has 1 fully saturated rings. The van der Waals surface area contributed by atoms with E-state index in [0.29, 0.717) is 6.42 Å². The van der Waals surface area contributed by atoms with E-state index >= 15 is 0 Å². The Bertz CT molecular complexity index is 901. The van der Waals surface area contributed by atoms with Crippen molar-refractivity contribution in [2.75, 3.05) is 0 Å². The molecule has 0 unspecified atom stereocenters. The van der Waals surface area contributed by atoms with Crippen LogP contribution in [0, 0.1) is 0 Å². The van der Waals surface area contributed by atoms with Crippen molar-refractivity contribution in [2.24, 2.45) is 0 Å². The fourth-order valence-corrected chi connectivity index (χ4v) is 4.23. The Morgan fingerprint density at radius 2 is 1.85 bits per heavy atom. The van der Waals surface area contributed by atoms with Crippen LogP contribution in [-0.4, -0.2) is 10.9 Å². The summed E-state index contributed by atoms with van der Waals surface area (Å²) in [6.07, 6.45) is 3.15. The van der Waals surface area contributed by atoms with E-state index in [1.54, 1.807) is 11.3 Å². The van der Waals surface area contributed by atoms with E-state index in [1.165, 1.54) is 11.1 Å². The molecule has 4 rings (SSSR count). The molecule has 3 aromatic rings. The van der Waals surface area contributed by atoms with Gasteiger partial charge in [-0.1, -0.05) is 58.4 Å². The van der Waals surface area contributed by atoms with Crippen molar-refractivity contribution in [3.05, 3.63) is 86.3 Å². The maximum Gasteiger partial charge on any atom is 0.226 e. The SMILES string of the molecule is O=C(Cc1csc(Cc2ccccc2)n1)NC1(c2ccc(Br)cc2)CC1.